The SMILES string of the molecule is C[C@@H]1CN(C(=O)CCC2Cc3ccccc3NC2=O)C[C@H]1C(=O)O. The number of fused-ring (bicyclic) bond motifs is 1. The van der Waals surface area contributed by atoms with Crippen molar-refractivity contribution in [2.24, 2.45) is 17.8 Å². The highest BCUT2D eigenvalue weighted by molar-refractivity contribution is 5.96. The smallest absolute Gasteiger partial charge is 0.308 e. The van der Waals surface area contributed by atoms with Crippen LogP contribution in [0.4, 0.5) is 5.69 Å². The fourth-order valence-corrected chi connectivity index (χ4v) is 3.59. The molecule has 0 saturated carbocycles. The molecule has 3 rings (SSSR count). The maximum absolute atomic E-state index is 12.4. The van der Waals surface area contributed by atoms with Gasteiger partial charge in [-0.15, -0.1) is 0 Å². The van der Waals surface area contributed by atoms with Gasteiger partial charge in [0.2, 0.25) is 11.8 Å². The van der Waals surface area contributed by atoms with Crippen LogP contribution in [0.25, 0.3) is 0 Å². The van der Waals surface area contributed by atoms with Crippen molar-refractivity contribution in [3.63, 3.8) is 0 Å². The van der Waals surface area contributed by atoms with Crippen LogP contribution in [0.1, 0.15) is 25.3 Å². The van der Waals surface area contributed by atoms with E-state index in [2.05, 4.69) is 5.32 Å². The summed E-state index contributed by atoms with van der Waals surface area (Å²) in [6.07, 6.45) is 1.41. The first-order valence-electron chi connectivity index (χ1n) is 8.35. The highest BCUT2D eigenvalue weighted by atomic mass is 16.4. The monoisotopic (exact) mass is 330 g/mol. The predicted molar refractivity (Wildman–Crippen MR) is 88.4 cm³/mol. The molecule has 0 radical (unpaired) electrons. The van der Waals surface area contributed by atoms with Crippen LogP contribution in [0, 0.1) is 17.8 Å². The fraction of sp³-hybridized carbons (Fsp3) is 0.500. The number of benzene rings is 1. The number of para-hydroxylation sites is 1. The van der Waals surface area contributed by atoms with Crippen LogP contribution in [-0.4, -0.2) is 40.9 Å². The van der Waals surface area contributed by atoms with Gasteiger partial charge in [-0.3, -0.25) is 14.4 Å². The molecule has 6 nitrogen and oxygen atoms in total. The fourth-order valence-electron chi connectivity index (χ4n) is 3.59. The number of likely N-dealkylation sites (tertiary alicyclic amines) is 1. The molecule has 2 aliphatic heterocycles. The zero-order chi connectivity index (χ0) is 17.3. The van der Waals surface area contributed by atoms with Crippen molar-refractivity contribution in [3.05, 3.63) is 29.8 Å². The molecule has 24 heavy (non-hydrogen) atoms. The van der Waals surface area contributed by atoms with Crippen molar-refractivity contribution in [3.8, 4) is 0 Å². The summed E-state index contributed by atoms with van der Waals surface area (Å²) in [6.45, 7) is 2.61. The highest BCUT2D eigenvalue weighted by Gasteiger charge is 2.37. The van der Waals surface area contributed by atoms with Crippen molar-refractivity contribution >= 4 is 23.5 Å². The van der Waals surface area contributed by atoms with E-state index in [1.165, 1.54) is 0 Å². The molecule has 2 amide bonds. The van der Waals surface area contributed by atoms with Gasteiger partial charge in [0.1, 0.15) is 0 Å². The van der Waals surface area contributed by atoms with Gasteiger partial charge in [-0.2, -0.15) is 0 Å². The second-order valence-corrected chi connectivity index (χ2v) is 6.81. The number of carbonyl (C=O) groups excluding carboxylic acids is 2. The molecule has 1 fully saturated rings. The van der Waals surface area contributed by atoms with Crippen LogP contribution in [0.15, 0.2) is 24.3 Å². The molecule has 1 aromatic carbocycles. The number of hydrogen-bond donors (Lipinski definition) is 2. The molecular formula is C18H22N2O4. The van der Waals surface area contributed by atoms with E-state index in [4.69, 9.17) is 5.11 Å². The Balaban J connectivity index is 1.56. The van der Waals surface area contributed by atoms with Crippen LogP contribution in [0.2, 0.25) is 0 Å². The number of rotatable bonds is 4. The first-order chi connectivity index (χ1) is 11.5. The minimum absolute atomic E-state index is 0.0312. The number of nitrogens with one attached hydrogen (secondary N) is 1. The van der Waals surface area contributed by atoms with Crippen molar-refractivity contribution < 1.29 is 19.5 Å². The van der Waals surface area contributed by atoms with Gasteiger partial charge in [0.05, 0.1) is 5.92 Å². The highest BCUT2D eigenvalue weighted by Crippen LogP contribution is 2.29. The molecule has 1 unspecified atom stereocenters. The Morgan fingerprint density at radius 2 is 2.04 bits per heavy atom. The number of amides is 2. The van der Waals surface area contributed by atoms with Crippen LogP contribution in [0.3, 0.4) is 0 Å². The molecule has 1 saturated heterocycles. The van der Waals surface area contributed by atoms with Crippen molar-refractivity contribution in [1.82, 2.24) is 4.90 Å². The van der Waals surface area contributed by atoms with Gasteiger partial charge in [0.15, 0.2) is 0 Å². The van der Waals surface area contributed by atoms with E-state index in [1.54, 1.807) is 4.90 Å². The minimum atomic E-state index is -0.846. The van der Waals surface area contributed by atoms with Crippen LogP contribution in [-0.2, 0) is 20.8 Å². The first-order valence-corrected chi connectivity index (χ1v) is 8.35. The average Bonchev–Trinajstić information content (AvgIpc) is 2.94. The third kappa shape index (κ3) is 3.27. The van der Waals surface area contributed by atoms with Crippen LogP contribution < -0.4 is 5.32 Å². The summed E-state index contributed by atoms with van der Waals surface area (Å²) >= 11 is 0. The topological polar surface area (TPSA) is 86.7 Å². The second-order valence-electron chi connectivity index (χ2n) is 6.81. The number of anilines is 1. The zero-order valence-electron chi connectivity index (χ0n) is 13.7. The molecule has 2 aliphatic rings. The molecule has 3 atom stereocenters. The van der Waals surface area contributed by atoms with Crippen LogP contribution in [0.5, 0.6) is 0 Å². The quantitative estimate of drug-likeness (QED) is 0.881. The maximum Gasteiger partial charge on any atom is 0.308 e. The number of carboxylic acid groups (broad SMARTS) is 1. The zero-order valence-corrected chi connectivity index (χ0v) is 13.7. The summed E-state index contributed by atoms with van der Waals surface area (Å²) in [4.78, 5) is 37.3. The lowest BCUT2D eigenvalue weighted by molar-refractivity contribution is -0.142. The summed E-state index contributed by atoms with van der Waals surface area (Å²) in [5.41, 5.74) is 1.94. The summed E-state index contributed by atoms with van der Waals surface area (Å²) in [7, 11) is 0. The second kappa shape index (κ2) is 6.63. The molecule has 2 heterocycles. The van der Waals surface area contributed by atoms with Crippen molar-refractivity contribution in [2.75, 3.05) is 18.4 Å². The Bertz CT molecular complexity index is 673. The van der Waals surface area contributed by atoms with Gasteiger partial charge in [-0.05, 0) is 30.4 Å². The Labute approximate surface area is 140 Å². The maximum atomic E-state index is 12.4. The van der Waals surface area contributed by atoms with E-state index in [9.17, 15) is 14.4 Å². The molecule has 2 N–H and O–H groups in total. The van der Waals surface area contributed by atoms with Gasteiger partial charge in [-0.1, -0.05) is 25.1 Å². The minimum Gasteiger partial charge on any atom is -0.481 e. The average molecular weight is 330 g/mol. The predicted octanol–water partition coefficient (Wildman–Crippen LogP) is 1.76. The lowest BCUT2D eigenvalue weighted by atomic mass is 9.89. The molecule has 0 bridgehead atoms. The van der Waals surface area contributed by atoms with Gasteiger partial charge in [0, 0.05) is 31.1 Å². The Morgan fingerprint density at radius 3 is 2.75 bits per heavy atom. The summed E-state index contributed by atoms with van der Waals surface area (Å²) in [6, 6.07) is 7.70. The van der Waals surface area contributed by atoms with Crippen molar-refractivity contribution in [2.45, 2.75) is 26.2 Å². The number of carboxylic acids is 1. The standard InChI is InChI=1S/C18H22N2O4/c1-11-9-20(10-14(11)18(23)24)16(21)7-6-13-8-12-4-2-3-5-15(12)19-17(13)22/h2-5,11,13-14H,6-10H2,1H3,(H,19,22)(H,23,24)/t11-,13?,14-/m1/s1. The number of carbonyl (C=O) groups is 3. The van der Waals surface area contributed by atoms with E-state index in [0.29, 0.717) is 19.4 Å². The molecule has 1 aromatic rings. The van der Waals surface area contributed by atoms with E-state index in [-0.39, 0.29) is 36.6 Å². The van der Waals surface area contributed by atoms with E-state index < -0.39 is 11.9 Å². The van der Waals surface area contributed by atoms with Crippen molar-refractivity contribution in [1.29, 1.82) is 0 Å². The molecule has 6 heteroatoms. The molecule has 0 aliphatic carbocycles. The molecule has 128 valence electrons. The first kappa shape index (κ1) is 16.5. The molecule has 0 spiro atoms. The lowest BCUT2D eigenvalue weighted by Gasteiger charge is -2.25. The van der Waals surface area contributed by atoms with E-state index in [1.807, 2.05) is 31.2 Å². The molecule has 0 aromatic heterocycles. The van der Waals surface area contributed by atoms with Crippen LogP contribution >= 0.6 is 0 Å². The van der Waals surface area contributed by atoms with Gasteiger partial charge < -0.3 is 15.3 Å². The lowest BCUT2D eigenvalue weighted by Crippen LogP contribution is -2.33. The summed E-state index contributed by atoms with van der Waals surface area (Å²) in [5, 5.41) is 12.0. The van der Waals surface area contributed by atoms with Gasteiger partial charge in [0.25, 0.3) is 0 Å². The number of nitrogens with zero attached hydrogens (tertiary/aromatic N) is 1. The van der Waals surface area contributed by atoms with Gasteiger partial charge >= 0.3 is 5.97 Å². The Kier molecular flexibility index (Phi) is 4.55. The third-order valence-electron chi connectivity index (χ3n) is 5.10. The van der Waals surface area contributed by atoms with E-state index in [0.717, 1.165) is 11.3 Å². The summed E-state index contributed by atoms with van der Waals surface area (Å²) < 4.78 is 0. The third-order valence-corrected chi connectivity index (χ3v) is 5.10. The van der Waals surface area contributed by atoms with E-state index >= 15 is 0 Å². The Hall–Kier alpha value is -2.37. The Morgan fingerprint density at radius 1 is 1.29 bits per heavy atom. The van der Waals surface area contributed by atoms with Gasteiger partial charge in [-0.25, -0.2) is 0 Å². The molecular weight excluding hydrogens is 308 g/mol. The number of aliphatic carboxylic acids is 1. The number of hydrogen-bond acceptors (Lipinski definition) is 3. The largest absolute Gasteiger partial charge is 0.481 e. The summed E-state index contributed by atoms with van der Waals surface area (Å²) in [5.74, 6) is -1.67. The normalized spacial score (nSPS) is 26.0.